The van der Waals surface area contributed by atoms with Crippen LogP contribution >= 0.6 is 11.6 Å². The molecule has 0 saturated heterocycles. The van der Waals surface area contributed by atoms with Gasteiger partial charge in [0.15, 0.2) is 34.9 Å². The molecule has 0 aliphatic rings. The van der Waals surface area contributed by atoms with Crippen molar-refractivity contribution in [2.24, 2.45) is 0 Å². The van der Waals surface area contributed by atoms with Crippen LogP contribution in [-0.4, -0.2) is 28.2 Å². The number of hydrogen-bond acceptors (Lipinski definition) is 5. The van der Waals surface area contributed by atoms with E-state index >= 15 is 0 Å². The first-order valence-corrected chi connectivity index (χ1v) is 9.47. The Kier molecular flexibility index (Phi) is 6.21. The summed E-state index contributed by atoms with van der Waals surface area (Å²) in [4.78, 5) is 28.9. The van der Waals surface area contributed by atoms with Gasteiger partial charge in [-0.2, -0.15) is 0 Å². The lowest BCUT2D eigenvalue weighted by atomic mass is 10.1. The van der Waals surface area contributed by atoms with Crippen molar-refractivity contribution in [3.8, 4) is 5.82 Å². The lowest BCUT2D eigenvalue weighted by molar-refractivity contribution is 0.0524. The molecule has 0 spiro atoms. The number of fused-ring (bicyclic) bond motifs is 1. The molecule has 3 aromatic rings. The number of hydrogen-bond donors (Lipinski definition) is 1. The zero-order valence-electron chi connectivity index (χ0n) is 16.5. The first-order valence-electron chi connectivity index (χ1n) is 9.09. The van der Waals surface area contributed by atoms with E-state index in [1.807, 2.05) is 0 Å². The van der Waals surface area contributed by atoms with Crippen molar-refractivity contribution in [3.05, 3.63) is 62.4 Å². The van der Waals surface area contributed by atoms with Crippen molar-refractivity contribution in [3.63, 3.8) is 0 Å². The summed E-state index contributed by atoms with van der Waals surface area (Å²) in [5.41, 5.74) is -2.05. The van der Waals surface area contributed by atoms with Gasteiger partial charge < -0.3 is 10.1 Å². The lowest BCUT2D eigenvalue weighted by Crippen LogP contribution is -2.22. The first-order chi connectivity index (χ1) is 14.6. The van der Waals surface area contributed by atoms with E-state index in [4.69, 9.17) is 16.3 Å². The molecule has 0 aliphatic heterocycles. The van der Waals surface area contributed by atoms with Crippen molar-refractivity contribution < 1.29 is 27.1 Å². The van der Waals surface area contributed by atoms with E-state index in [0.717, 1.165) is 10.8 Å². The van der Waals surface area contributed by atoms with E-state index in [1.165, 1.54) is 6.92 Å². The molecule has 164 valence electrons. The van der Waals surface area contributed by atoms with Gasteiger partial charge in [0.25, 0.3) is 0 Å². The summed E-state index contributed by atoms with van der Waals surface area (Å²) < 4.78 is 62.6. The second kappa shape index (κ2) is 8.54. The molecule has 3 rings (SSSR count). The number of carbonyl (C=O) groups excluding carboxylic acids is 1. The highest BCUT2D eigenvalue weighted by atomic mass is 35.5. The molecular formula is C20H16ClF4N3O3. The molecule has 0 atom stereocenters. The van der Waals surface area contributed by atoms with Gasteiger partial charge >= 0.3 is 5.97 Å². The Hall–Kier alpha value is -3.14. The summed E-state index contributed by atoms with van der Waals surface area (Å²) in [7, 11) is 0. The van der Waals surface area contributed by atoms with E-state index in [2.05, 4.69) is 10.3 Å². The Bertz CT molecular complexity index is 1260. The molecule has 0 radical (unpaired) electrons. The molecule has 31 heavy (non-hydrogen) atoms. The molecule has 11 heteroatoms. The van der Waals surface area contributed by atoms with Crippen molar-refractivity contribution >= 4 is 34.3 Å². The second-order valence-electron chi connectivity index (χ2n) is 6.77. The third kappa shape index (κ3) is 4.07. The van der Waals surface area contributed by atoms with Crippen molar-refractivity contribution in [1.29, 1.82) is 0 Å². The number of ether oxygens (including phenoxy) is 1. The molecular weight excluding hydrogens is 442 g/mol. The first kappa shape index (κ1) is 22.5. The van der Waals surface area contributed by atoms with Crippen molar-refractivity contribution in [1.82, 2.24) is 9.55 Å². The van der Waals surface area contributed by atoms with Crippen LogP contribution in [0.25, 0.3) is 16.7 Å². The minimum absolute atomic E-state index is 0.0829. The van der Waals surface area contributed by atoms with E-state index in [9.17, 15) is 27.2 Å². The monoisotopic (exact) mass is 457 g/mol. The largest absolute Gasteiger partial charge is 0.462 e. The summed E-state index contributed by atoms with van der Waals surface area (Å²) in [6.45, 7) is 4.79. The van der Waals surface area contributed by atoms with E-state index in [1.54, 1.807) is 13.8 Å². The molecule has 0 bridgehead atoms. The Labute approximate surface area is 178 Å². The van der Waals surface area contributed by atoms with Crippen LogP contribution in [-0.2, 0) is 4.74 Å². The maximum Gasteiger partial charge on any atom is 0.343 e. The highest BCUT2D eigenvalue weighted by Gasteiger charge is 2.25. The molecule has 2 aromatic heterocycles. The zero-order valence-corrected chi connectivity index (χ0v) is 17.3. The molecule has 0 aliphatic carbocycles. The third-order valence-electron chi connectivity index (χ3n) is 4.18. The maximum atomic E-state index is 14.7. The summed E-state index contributed by atoms with van der Waals surface area (Å²) in [6.07, 6.45) is 0.842. The minimum atomic E-state index is -1.49. The molecule has 0 fully saturated rings. The van der Waals surface area contributed by atoms with E-state index < -0.39 is 62.0 Å². The predicted molar refractivity (Wildman–Crippen MR) is 107 cm³/mol. The van der Waals surface area contributed by atoms with Gasteiger partial charge in [0.2, 0.25) is 5.43 Å². The van der Waals surface area contributed by atoms with Crippen LogP contribution in [0.3, 0.4) is 0 Å². The van der Waals surface area contributed by atoms with Gasteiger partial charge in [-0.25, -0.2) is 27.3 Å². The lowest BCUT2D eigenvalue weighted by Gasteiger charge is -2.17. The van der Waals surface area contributed by atoms with E-state index in [-0.39, 0.29) is 18.5 Å². The van der Waals surface area contributed by atoms with Gasteiger partial charge in [-0.3, -0.25) is 9.36 Å². The standard InChI is InChI=1S/C20H16ClF4N3O3/c1-4-31-20(30)10-7-28(16-9(17(10)29)5-11(22)15(25)14(16)21)19-13(24)6-12(23)18(27-19)26-8(2)3/h5-8H,4H2,1-3H3,(H,26,27). The van der Waals surface area contributed by atoms with Gasteiger partial charge in [-0.1, -0.05) is 11.6 Å². The third-order valence-corrected chi connectivity index (χ3v) is 4.53. The Balaban J connectivity index is 2.47. The van der Waals surface area contributed by atoms with Crippen LogP contribution in [0.1, 0.15) is 31.1 Å². The number of nitrogens with zero attached hydrogens (tertiary/aromatic N) is 2. The smallest absolute Gasteiger partial charge is 0.343 e. The summed E-state index contributed by atoms with van der Waals surface area (Å²) in [5, 5.41) is 1.32. The quantitative estimate of drug-likeness (QED) is 0.344. The molecule has 0 unspecified atom stereocenters. The fraction of sp³-hybridized carbons (Fsp3) is 0.250. The number of halogens is 5. The van der Waals surface area contributed by atoms with Gasteiger partial charge in [0, 0.05) is 18.3 Å². The van der Waals surface area contributed by atoms with Gasteiger partial charge in [0.1, 0.15) is 10.6 Å². The Morgan fingerprint density at radius 3 is 2.48 bits per heavy atom. The number of anilines is 1. The Morgan fingerprint density at radius 1 is 1.19 bits per heavy atom. The molecule has 0 amide bonds. The number of pyridine rings is 2. The van der Waals surface area contributed by atoms with Crippen LogP contribution in [0.5, 0.6) is 0 Å². The highest BCUT2D eigenvalue weighted by Crippen LogP contribution is 2.30. The molecule has 2 heterocycles. The maximum absolute atomic E-state index is 14.7. The predicted octanol–water partition coefficient (Wildman–Crippen LogP) is 4.59. The minimum Gasteiger partial charge on any atom is -0.462 e. The van der Waals surface area contributed by atoms with Gasteiger partial charge in [-0.15, -0.1) is 0 Å². The number of rotatable bonds is 5. The number of nitrogens with one attached hydrogen (secondary N) is 1. The highest BCUT2D eigenvalue weighted by molar-refractivity contribution is 6.35. The van der Waals surface area contributed by atoms with Crippen LogP contribution < -0.4 is 10.7 Å². The van der Waals surface area contributed by atoms with Crippen LogP contribution in [0.4, 0.5) is 23.4 Å². The molecule has 0 saturated carbocycles. The normalized spacial score (nSPS) is 11.3. The Morgan fingerprint density at radius 2 is 1.87 bits per heavy atom. The average molecular weight is 458 g/mol. The number of benzene rings is 1. The SMILES string of the molecule is CCOC(=O)c1cn(-c2nc(NC(C)C)c(F)cc2F)c2c(Cl)c(F)c(F)cc2c1=O. The van der Waals surface area contributed by atoms with Crippen molar-refractivity contribution in [2.45, 2.75) is 26.8 Å². The molecule has 1 aromatic carbocycles. The summed E-state index contributed by atoms with van der Waals surface area (Å²) in [5.74, 6) is -7.16. The van der Waals surface area contributed by atoms with Crippen molar-refractivity contribution in [2.75, 3.05) is 11.9 Å². The van der Waals surface area contributed by atoms with Crippen LogP contribution in [0, 0.1) is 23.3 Å². The summed E-state index contributed by atoms with van der Waals surface area (Å²) >= 11 is 5.93. The fourth-order valence-corrected chi connectivity index (χ4v) is 3.20. The zero-order chi connectivity index (χ0) is 23.0. The van der Waals surface area contributed by atoms with E-state index in [0.29, 0.717) is 12.1 Å². The topological polar surface area (TPSA) is 73.2 Å². The average Bonchev–Trinajstić information content (AvgIpc) is 2.69. The van der Waals surface area contributed by atoms with Crippen LogP contribution in [0.15, 0.2) is 23.1 Å². The number of carbonyl (C=O) groups is 1. The van der Waals surface area contributed by atoms with Gasteiger partial charge in [-0.05, 0) is 26.8 Å². The van der Waals surface area contributed by atoms with Gasteiger partial charge in [0.05, 0.1) is 17.5 Å². The number of aromatic nitrogens is 2. The molecule has 1 N–H and O–H groups in total. The van der Waals surface area contributed by atoms with Crippen LogP contribution in [0.2, 0.25) is 5.02 Å². The number of esters is 1. The molecule has 6 nitrogen and oxygen atoms in total. The second-order valence-corrected chi connectivity index (χ2v) is 7.15. The summed E-state index contributed by atoms with van der Waals surface area (Å²) in [6, 6.07) is 0.776. The fourth-order valence-electron chi connectivity index (χ4n) is 2.91.